The number of carbonyl (C=O) groups excluding carboxylic acids is 1. The molecule has 1 aromatic rings. The van der Waals surface area contributed by atoms with Gasteiger partial charge in [-0.05, 0) is 82.4 Å². The van der Waals surface area contributed by atoms with Gasteiger partial charge in [-0.15, -0.1) is 0 Å². The van der Waals surface area contributed by atoms with Crippen LogP contribution in [0.25, 0.3) is 0 Å². The minimum atomic E-state index is -4.41. The fourth-order valence-electron chi connectivity index (χ4n) is 3.86. The summed E-state index contributed by atoms with van der Waals surface area (Å²) >= 11 is 0. The lowest BCUT2D eigenvalue weighted by molar-refractivity contribution is -0.137. The van der Waals surface area contributed by atoms with E-state index in [0.717, 1.165) is 76.9 Å². The van der Waals surface area contributed by atoms with Gasteiger partial charge in [-0.3, -0.25) is 0 Å². The average molecular weight is 445 g/mol. The number of hydrogen-bond acceptors (Lipinski definition) is 4. The van der Waals surface area contributed by atoms with E-state index in [1.807, 2.05) is 0 Å². The van der Waals surface area contributed by atoms with Gasteiger partial charge in [-0.2, -0.15) is 13.2 Å². The van der Waals surface area contributed by atoms with Crippen LogP contribution in [-0.4, -0.2) is 61.3 Å². The predicted molar refractivity (Wildman–Crippen MR) is 114 cm³/mol. The van der Waals surface area contributed by atoms with Crippen molar-refractivity contribution >= 4 is 6.09 Å². The molecule has 2 rings (SSSR count). The third-order valence-electron chi connectivity index (χ3n) is 5.98. The summed E-state index contributed by atoms with van der Waals surface area (Å²) in [6, 6.07) is 4.20. The van der Waals surface area contributed by atoms with Crippen LogP contribution in [0.2, 0.25) is 0 Å². The Balaban J connectivity index is 1.68. The van der Waals surface area contributed by atoms with Crippen molar-refractivity contribution in [2.75, 3.05) is 33.3 Å². The van der Waals surface area contributed by atoms with Crippen molar-refractivity contribution in [3.63, 3.8) is 0 Å². The van der Waals surface area contributed by atoms with Crippen LogP contribution in [0.4, 0.5) is 18.0 Å². The van der Waals surface area contributed by atoms with Crippen molar-refractivity contribution in [2.24, 2.45) is 0 Å². The average Bonchev–Trinajstić information content (AvgIpc) is 2.76. The molecule has 0 atom stereocenters. The second-order valence-electron chi connectivity index (χ2n) is 8.04. The Hall–Kier alpha value is -1.80. The minimum Gasteiger partial charge on any atom is -0.410 e. The second kappa shape index (κ2) is 12.3. The Bertz CT molecular complexity index is 655. The van der Waals surface area contributed by atoms with Gasteiger partial charge in [0, 0.05) is 19.7 Å². The van der Waals surface area contributed by atoms with Gasteiger partial charge >= 0.3 is 12.3 Å². The minimum absolute atomic E-state index is 0.0458. The van der Waals surface area contributed by atoms with E-state index in [-0.39, 0.29) is 17.9 Å². The van der Waals surface area contributed by atoms with Crippen molar-refractivity contribution in [1.29, 1.82) is 0 Å². The Morgan fingerprint density at radius 3 is 2.19 bits per heavy atom. The first-order valence-corrected chi connectivity index (χ1v) is 11.2. The zero-order chi connectivity index (χ0) is 22.9. The number of ether oxygens (including phenoxy) is 2. The topological polar surface area (TPSA) is 42.0 Å². The summed E-state index contributed by atoms with van der Waals surface area (Å²) in [5, 5.41) is 0. The predicted octanol–water partition coefficient (Wildman–Crippen LogP) is 5.59. The molecule has 8 heteroatoms. The molecule has 31 heavy (non-hydrogen) atoms. The maximum atomic E-state index is 12.6. The lowest BCUT2D eigenvalue weighted by atomic mass is 9.92. The van der Waals surface area contributed by atoms with Gasteiger partial charge in [-0.1, -0.05) is 13.8 Å². The molecule has 5 nitrogen and oxygen atoms in total. The lowest BCUT2D eigenvalue weighted by Gasteiger charge is -2.34. The van der Waals surface area contributed by atoms with Gasteiger partial charge in [0.15, 0.2) is 0 Å². The zero-order valence-corrected chi connectivity index (χ0v) is 18.8. The molecule has 1 aliphatic rings. The molecule has 0 saturated heterocycles. The second-order valence-corrected chi connectivity index (χ2v) is 8.04. The number of benzene rings is 1. The van der Waals surface area contributed by atoms with E-state index in [1.165, 1.54) is 17.0 Å². The molecule has 0 N–H and O–H groups in total. The van der Waals surface area contributed by atoms with Crippen LogP contribution in [0.1, 0.15) is 57.9 Å². The highest BCUT2D eigenvalue weighted by Crippen LogP contribution is 2.30. The quantitative estimate of drug-likeness (QED) is 0.442. The fourth-order valence-corrected chi connectivity index (χ4v) is 3.86. The van der Waals surface area contributed by atoms with Crippen molar-refractivity contribution < 1.29 is 27.4 Å². The van der Waals surface area contributed by atoms with Crippen LogP contribution in [0.3, 0.4) is 0 Å². The van der Waals surface area contributed by atoms with Crippen LogP contribution in [0.5, 0.6) is 5.75 Å². The Kier molecular flexibility index (Phi) is 10.1. The summed E-state index contributed by atoms with van der Waals surface area (Å²) in [5.41, 5.74) is -0.771. The van der Waals surface area contributed by atoms with Gasteiger partial charge in [-0.25, -0.2) is 4.79 Å². The van der Waals surface area contributed by atoms with E-state index < -0.39 is 17.8 Å². The molecular formula is C23H35F3N2O3. The zero-order valence-electron chi connectivity index (χ0n) is 18.8. The molecule has 1 saturated carbocycles. The van der Waals surface area contributed by atoms with Crippen LogP contribution >= 0.6 is 0 Å². The molecule has 0 spiro atoms. The fraction of sp³-hybridized carbons (Fsp3) is 0.696. The molecule has 0 heterocycles. The maximum Gasteiger partial charge on any atom is 0.416 e. The summed E-state index contributed by atoms with van der Waals surface area (Å²) in [4.78, 5) is 16.3. The number of hydrogen-bond donors (Lipinski definition) is 0. The first kappa shape index (κ1) is 25.5. The van der Waals surface area contributed by atoms with Crippen molar-refractivity contribution in [3.05, 3.63) is 29.8 Å². The molecule has 0 radical (unpaired) electrons. The van der Waals surface area contributed by atoms with Gasteiger partial charge < -0.3 is 19.3 Å². The standard InChI is InChI=1S/C23H35F3N2O3/c1-4-28(5-2)16-6-7-17-30-20-14-10-19(11-15-20)27(3)22(29)31-21-12-8-18(9-13-21)23(24,25)26/h8-9,12-13,19-20H,4-7,10-11,14-17H2,1-3H3. The molecule has 1 amide bonds. The number of alkyl halides is 3. The molecule has 0 aromatic heterocycles. The number of unbranched alkanes of at least 4 members (excludes halogenated alkanes) is 1. The summed E-state index contributed by atoms with van der Waals surface area (Å²) in [5.74, 6) is 0.103. The van der Waals surface area contributed by atoms with E-state index in [0.29, 0.717) is 0 Å². The largest absolute Gasteiger partial charge is 0.416 e. The van der Waals surface area contributed by atoms with E-state index in [2.05, 4.69) is 18.7 Å². The van der Waals surface area contributed by atoms with Crippen molar-refractivity contribution in [2.45, 2.75) is 70.7 Å². The summed E-state index contributed by atoms with van der Waals surface area (Å²) < 4.78 is 49.2. The maximum absolute atomic E-state index is 12.6. The van der Waals surface area contributed by atoms with E-state index in [9.17, 15) is 18.0 Å². The Morgan fingerprint density at radius 1 is 1.03 bits per heavy atom. The highest BCUT2D eigenvalue weighted by Gasteiger charge is 2.31. The summed E-state index contributed by atoms with van der Waals surface area (Å²) in [6.07, 6.45) is 0.865. The first-order chi connectivity index (χ1) is 14.7. The number of amides is 1. The van der Waals surface area contributed by atoms with Gasteiger partial charge in [0.1, 0.15) is 5.75 Å². The first-order valence-electron chi connectivity index (χ1n) is 11.2. The molecular weight excluding hydrogens is 409 g/mol. The summed E-state index contributed by atoms with van der Waals surface area (Å²) in [6.45, 7) is 8.38. The number of halogens is 3. The van der Waals surface area contributed by atoms with Gasteiger partial charge in [0.25, 0.3) is 0 Å². The van der Waals surface area contributed by atoms with Crippen LogP contribution in [0, 0.1) is 0 Å². The summed E-state index contributed by atoms with van der Waals surface area (Å²) in [7, 11) is 1.67. The van der Waals surface area contributed by atoms with Crippen molar-refractivity contribution in [1.82, 2.24) is 9.80 Å². The van der Waals surface area contributed by atoms with Crippen LogP contribution in [0.15, 0.2) is 24.3 Å². The van der Waals surface area contributed by atoms with Gasteiger partial charge in [0.2, 0.25) is 0 Å². The molecule has 0 aliphatic heterocycles. The third-order valence-corrected chi connectivity index (χ3v) is 5.98. The highest BCUT2D eigenvalue weighted by molar-refractivity contribution is 5.70. The SMILES string of the molecule is CCN(CC)CCCCOC1CCC(N(C)C(=O)Oc2ccc(C(F)(F)F)cc2)CC1. The lowest BCUT2D eigenvalue weighted by Crippen LogP contribution is -2.42. The van der Waals surface area contributed by atoms with Crippen LogP contribution in [-0.2, 0) is 10.9 Å². The normalized spacial score (nSPS) is 19.5. The van der Waals surface area contributed by atoms with E-state index in [1.54, 1.807) is 7.05 Å². The smallest absolute Gasteiger partial charge is 0.410 e. The van der Waals surface area contributed by atoms with E-state index in [4.69, 9.17) is 9.47 Å². The van der Waals surface area contributed by atoms with Crippen molar-refractivity contribution in [3.8, 4) is 5.75 Å². The van der Waals surface area contributed by atoms with E-state index >= 15 is 0 Å². The third kappa shape index (κ3) is 8.33. The van der Waals surface area contributed by atoms with Gasteiger partial charge in [0.05, 0.1) is 11.7 Å². The molecule has 0 bridgehead atoms. The molecule has 176 valence electrons. The number of nitrogens with zero attached hydrogens (tertiary/aromatic N) is 2. The number of rotatable bonds is 10. The monoisotopic (exact) mass is 444 g/mol. The molecule has 0 unspecified atom stereocenters. The Morgan fingerprint density at radius 2 is 1.65 bits per heavy atom. The molecule has 1 fully saturated rings. The molecule has 1 aliphatic carbocycles. The number of carbonyl (C=O) groups is 1. The molecule has 1 aromatic carbocycles. The highest BCUT2D eigenvalue weighted by atomic mass is 19.4. The Labute approximate surface area is 183 Å². The van der Waals surface area contributed by atoms with Crippen LogP contribution < -0.4 is 4.74 Å².